The molecule has 0 bridgehead atoms. The van der Waals surface area contributed by atoms with Gasteiger partial charge < -0.3 is 15.0 Å². The highest BCUT2D eigenvalue weighted by Gasteiger charge is 2.24. The number of thiazole rings is 1. The van der Waals surface area contributed by atoms with Gasteiger partial charge in [0.05, 0.1) is 11.4 Å². The highest BCUT2D eigenvalue weighted by Crippen LogP contribution is 2.28. The number of hydrogen-bond donors (Lipinski definition) is 1. The third-order valence-corrected chi connectivity index (χ3v) is 7.74. The SMILES string of the molecule is Cc1ncc(CC(=O)NC2CCC(CCN3CCc4ccc(OCC(F)F)nc4CC3)CC2)s1. The zero-order valence-corrected chi connectivity index (χ0v) is 20.6. The minimum atomic E-state index is -2.49. The molecule has 1 amide bonds. The Morgan fingerprint density at radius 3 is 2.76 bits per heavy atom. The van der Waals surface area contributed by atoms with Crippen LogP contribution in [0.15, 0.2) is 18.3 Å². The van der Waals surface area contributed by atoms with Crippen LogP contribution in [0, 0.1) is 12.8 Å². The quantitative estimate of drug-likeness (QED) is 0.568. The number of fused-ring (bicyclic) bond motifs is 1. The fraction of sp³-hybridized carbons (Fsp3) is 0.640. The summed E-state index contributed by atoms with van der Waals surface area (Å²) in [7, 11) is 0. The number of rotatable bonds is 9. The Bertz CT molecular complexity index is 947. The van der Waals surface area contributed by atoms with Gasteiger partial charge in [0.15, 0.2) is 6.61 Å². The number of alkyl halides is 2. The average Bonchev–Trinajstić information content (AvgIpc) is 3.11. The van der Waals surface area contributed by atoms with Gasteiger partial charge in [0, 0.05) is 48.4 Å². The normalized spacial score (nSPS) is 21.2. The van der Waals surface area contributed by atoms with Gasteiger partial charge in [-0.2, -0.15) is 0 Å². The second-order valence-corrected chi connectivity index (χ2v) is 10.7. The maximum absolute atomic E-state index is 12.4. The van der Waals surface area contributed by atoms with Crippen LogP contribution in [0.25, 0.3) is 0 Å². The van der Waals surface area contributed by atoms with Crippen molar-refractivity contribution in [3.63, 3.8) is 0 Å². The van der Waals surface area contributed by atoms with Crippen molar-refractivity contribution >= 4 is 17.2 Å². The summed E-state index contributed by atoms with van der Waals surface area (Å²) in [6.45, 7) is 4.33. The third-order valence-electron chi connectivity index (χ3n) is 6.83. The molecule has 6 nitrogen and oxygen atoms in total. The van der Waals surface area contributed by atoms with Crippen LogP contribution in [0.2, 0.25) is 0 Å². The Hall–Kier alpha value is -2.13. The lowest BCUT2D eigenvalue weighted by atomic mass is 9.84. The molecule has 1 fully saturated rings. The molecule has 186 valence electrons. The zero-order valence-electron chi connectivity index (χ0n) is 19.8. The van der Waals surface area contributed by atoms with Crippen LogP contribution in [0.4, 0.5) is 8.78 Å². The van der Waals surface area contributed by atoms with Gasteiger partial charge in [0.25, 0.3) is 6.43 Å². The molecule has 1 saturated carbocycles. The van der Waals surface area contributed by atoms with Gasteiger partial charge in [-0.05, 0) is 63.5 Å². The Kier molecular flexibility index (Phi) is 8.83. The molecule has 34 heavy (non-hydrogen) atoms. The van der Waals surface area contributed by atoms with Crippen LogP contribution in [0.1, 0.15) is 53.2 Å². The summed E-state index contributed by atoms with van der Waals surface area (Å²) in [5.74, 6) is 1.10. The molecule has 0 unspecified atom stereocenters. The van der Waals surface area contributed by atoms with E-state index in [0.717, 1.165) is 73.7 Å². The van der Waals surface area contributed by atoms with Crippen LogP contribution in [-0.2, 0) is 24.1 Å². The van der Waals surface area contributed by atoms with E-state index in [1.807, 2.05) is 13.0 Å². The molecule has 0 atom stereocenters. The molecule has 0 radical (unpaired) electrons. The molecule has 4 rings (SSSR count). The number of amides is 1. The first-order valence-corrected chi connectivity index (χ1v) is 13.1. The Morgan fingerprint density at radius 2 is 2.03 bits per heavy atom. The Balaban J connectivity index is 1.15. The number of aromatic nitrogens is 2. The van der Waals surface area contributed by atoms with E-state index in [-0.39, 0.29) is 11.9 Å². The number of carbonyl (C=O) groups excluding carboxylic acids is 1. The monoisotopic (exact) mass is 492 g/mol. The number of pyridine rings is 1. The summed E-state index contributed by atoms with van der Waals surface area (Å²) < 4.78 is 29.9. The molecule has 9 heteroatoms. The van der Waals surface area contributed by atoms with Gasteiger partial charge in [-0.15, -0.1) is 11.3 Å². The van der Waals surface area contributed by atoms with Crippen LogP contribution in [-0.4, -0.2) is 59.5 Å². The van der Waals surface area contributed by atoms with Crippen LogP contribution in [0.3, 0.4) is 0 Å². The van der Waals surface area contributed by atoms with Crippen LogP contribution >= 0.6 is 11.3 Å². The van der Waals surface area contributed by atoms with Gasteiger partial charge >= 0.3 is 0 Å². The van der Waals surface area contributed by atoms with Gasteiger partial charge in [-0.25, -0.2) is 18.7 Å². The Labute approximate surface area is 204 Å². The lowest BCUT2D eigenvalue weighted by Crippen LogP contribution is -2.38. The molecular weight excluding hydrogens is 458 g/mol. The van der Waals surface area contributed by atoms with Crippen molar-refractivity contribution in [2.45, 2.75) is 70.8 Å². The van der Waals surface area contributed by atoms with Gasteiger partial charge in [-0.1, -0.05) is 6.07 Å². The van der Waals surface area contributed by atoms with E-state index in [1.165, 1.54) is 12.0 Å². The van der Waals surface area contributed by atoms with E-state index in [4.69, 9.17) is 4.74 Å². The summed E-state index contributed by atoms with van der Waals surface area (Å²) in [6, 6.07) is 3.96. The summed E-state index contributed by atoms with van der Waals surface area (Å²) in [5.41, 5.74) is 2.16. The predicted molar refractivity (Wildman–Crippen MR) is 129 cm³/mol. The predicted octanol–water partition coefficient (Wildman–Crippen LogP) is 4.20. The van der Waals surface area contributed by atoms with Crippen LogP contribution < -0.4 is 10.1 Å². The molecule has 0 spiro atoms. The molecule has 3 heterocycles. The van der Waals surface area contributed by atoms with Crippen molar-refractivity contribution in [2.24, 2.45) is 5.92 Å². The van der Waals surface area contributed by atoms with Crippen molar-refractivity contribution < 1.29 is 18.3 Å². The van der Waals surface area contributed by atoms with Crippen molar-refractivity contribution in [3.05, 3.63) is 39.5 Å². The first-order chi connectivity index (χ1) is 16.4. The molecule has 2 aromatic rings. The standard InChI is InChI=1S/C25H34F2N4O2S/c1-17-28-15-21(34-17)14-24(32)29-20-5-2-18(3-6-20)8-11-31-12-9-19-4-7-25(33-16-23(26)27)30-22(19)10-13-31/h4,7,15,18,20,23H,2-3,5-6,8-14,16H2,1H3,(H,29,32). The van der Waals surface area contributed by atoms with E-state index in [9.17, 15) is 13.6 Å². The van der Waals surface area contributed by atoms with E-state index in [2.05, 4.69) is 20.2 Å². The molecule has 0 aromatic carbocycles. The van der Waals surface area contributed by atoms with Crippen LogP contribution in [0.5, 0.6) is 5.88 Å². The van der Waals surface area contributed by atoms with Crippen molar-refractivity contribution in [1.29, 1.82) is 0 Å². The lowest BCUT2D eigenvalue weighted by molar-refractivity contribution is -0.121. The Morgan fingerprint density at radius 1 is 1.24 bits per heavy atom. The van der Waals surface area contributed by atoms with Gasteiger partial charge in [0.1, 0.15) is 0 Å². The molecule has 0 saturated heterocycles. The summed E-state index contributed by atoms with van der Waals surface area (Å²) in [4.78, 5) is 24.5. The van der Waals surface area contributed by atoms with Crippen molar-refractivity contribution in [1.82, 2.24) is 20.2 Å². The highest BCUT2D eigenvalue weighted by atomic mass is 32.1. The summed E-state index contributed by atoms with van der Waals surface area (Å²) in [6.07, 6.45) is 7.07. The maximum Gasteiger partial charge on any atom is 0.272 e. The first-order valence-electron chi connectivity index (χ1n) is 12.3. The van der Waals surface area contributed by atoms with E-state index in [0.29, 0.717) is 18.2 Å². The number of nitrogens with zero attached hydrogens (tertiary/aromatic N) is 3. The summed E-state index contributed by atoms with van der Waals surface area (Å²) >= 11 is 1.59. The molecule has 1 aliphatic heterocycles. The fourth-order valence-corrected chi connectivity index (χ4v) is 5.74. The fourth-order valence-electron chi connectivity index (χ4n) is 4.95. The second kappa shape index (κ2) is 12.0. The minimum absolute atomic E-state index is 0.104. The average molecular weight is 493 g/mol. The molecule has 1 aliphatic carbocycles. The largest absolute Gasteiger partial charge is 0.472 e. The van der Waals surface area contributed by atoms with Crippen molar-refractivity contribution in [3.8, 4) is 5.88 Å². The van der Waals surface area contributed by atoms with Gasteiger partial charge in [0.2, 0.25) is 11.8 Å². The molecular formula is C25H34F2N4O2S. The minimum Gasteiger partial charge on any atom is -0.472 e. The summed E-state index contributed by atoms with van der Waals surface area (Å²) in [5, 5.41) is 4.21. The van der Waals surface area contributed by atoms with E-state index < -0.39 is 13.0 Å². The van der Waals surface area contributed by atoms with E-state index >= 15 is 0 Å². The first kappa shape index (κ1) is 25.0. The van der Waals surface area contributed by atoms with Crippen molar-refractivity contribution in [2.75, 3.05) is 26.2 Å². The molecule has 2 aliphatic rings. The number of aryl methyl sites for hydroxylation is 1. The zero-order chi connectivity index (χ0) is 23.9. The smallest absolute Gasteiger partial charge is 0.272 e. The number of nitrogens with one attached hydrogen (secondary N) is 1. The topological polar surface area (TPSA) is 67.4 Å². The lowest BCUT2D eigenvalue weighted by Gasteiger charge is -2.30. The number of ether oxygens (including phenoxy) is 1. The number of halogens is 2. The molecule has 2 aromatic heterocycles. The maximum atomic E-state index is 12.4. The van der Waals surface area contributed by atoms with Gasteiger partial charge in [-0.3, -0.25) is 4.79 Å². The second-order valence-electron chi connectivity index (χ2n) is 9.40. The number of hydrogen-bond acceptors (Lipinski definition) is 6. The van der Waals surface area contributed by atoms with E-state index in [1.54, 1.807) is 23.6 Å². The molecule has 1 N–H and O–H groups in total. The number of carbonyl (C=O) groups is 1. The third kappa shape index (κ3) is 7.43. The highest BCUT2D eigenvalue weighted by molar-refractivity contribution is 7.11.